The number of nitrogen functional groups attached to an aromatic ring is 1. The smallest absolute Gasteiger partial charge is 0.263 e. The molecular weight excluding hydrogens is 438 g/mol. The Labute approximate surface area is 196 Å². The highest BCUT2D eigenvalue weighted by atomic mass is 32.1. The van der Waals surface area contributed by atoms with E-state index in [-0.39, 0.29) is 24.0 Å². The quantitative estimate of drug-likeness (QED) is 0.528. The van der Waals surface area contributed by atoms with Crippen LogP contribution in [0.5, 0.6) is 5.75 Å². The number of ether oxygens (including phenoxy) is 2. The molecule has 0 aliphatic carbocycles. The summed E-state index contributed by atoms with van der Waals surface area (Å²) in [6.45, 7) is 3.78. The first-order valence-corrected chi connectivity index (χ1v) is 12.0. The molecule has 5 rings (SSSR count). The molecule has 174 valence electrons. The monoisotopic (exact) mass is 467 g/mol. The number of benzene rings is 1. The number of aromatic nitrogens is 1. The van der Waals surface area contributed by atoms with E-state index in [0.29, 0.717) is 30.2 Å². The number of nitrogens with two attached hydrogens (primary N) is 2. The highest BCUT2D eigenvalue weighted by Gasteiger charge is 2.31. The molecule has 33 heavy (non-hydrogen) atoms. The Balaban J connectivity index is 1.29. The maximum Gasteiger partial charge on any atom is 0.263 e. The van der Waals surface area contributed by atoms with Crippen LogP contribution in [0.25, 0.3) is 10.2 Å². The van der Waals surface area contributed by atoms with Crippen molar-refractivity contribution in [2.75, 3.05) is 37.5 Å². The number of carbonyl (C=O) groups is 1. The van der Waals surface area contributed by atoms with Gasteiger partial charge >= 0.3 is 0 Å². The summed E-state index contributed by atoms with van der Waals surface area (Å²) in [7, 11) is 1.72. The van der Waals surface area contributed by atoms with E-state index in [1.54, 1.807) is 7.11 Å². The van der Waals surface area contributed by atoms with Crippen LogP contribution < -0.4 is 26.4 Å². The predicted octanol–water partition coefficient (Wildman–Crippen LogP) is 2.47. The normalized spacial score (nSPS) is 22.3. The Morgan fingerprint density at radius 3 is 3.03 bits per heavy atom. The molecule has 0 radical (unpaired) electrons. The fourth-order valence-corrected chi connectivity index (χ4v) is 5.80. The first-order chi connectivity index (χ1) is 15.9. The fourth-order valence-electron chi connectivity index (χ4n) is 4.76. The molecule has 0 bridgehead atoms. The number of carbonyl (C=O) groups excluding carboxylic acids is 1. The lowest BCUT2D eigenvalue weighted by atomic mass is 10.0. The van der Waals surface area contributed by atoms with Crippen molar-refractivity contribution in [1.82, 2.24) is 10.3 Å². The molecule has 1 saturated heterocycles. The lowest BCUT2D eigenvalue weighted by Gasteiger charge is -2.30. The standard InChI is InChI=1S/C24H29N5O3S/c1-13-3-6-19-21(26)22(33-24(19)27-13)23(30)28-16-7-14-4-5-17(9-20(14)32-11-16)29-10-15(25)8-18(29)12-31-2/h3-6,9,15-16,18H,7-8,10-12,25-26H2,1-2H3,(H,28,30)/t15-,16+,18+/m0/s1. The molecule has 5 N–H and O–H groups in total. The van der Waals surface area contributed by atoms with E-state index in [9.17, 15) is 4.79 Å². The van der Waals surface area contributed by atoms with Crippen LogP contribution in [0.1, 0.15) is 27.3 Å². The second-order valence-corrected chi connectivity index (χ2v) is 9.88. The first-order valence-electron chi connectivity index (χ1n) is 11.2. The lowest BCUT2D eigenvalue weighted by molar-refractivity contribution is 0.0920. The van der Waals surface area contributed by atoms with Gasteiger partial charge < -0.3 is 31.2 Å². The zero-order valence-electron chi connectivity index (χ0n) is 18.8. The zero-order valence-corrected chi connectivity index (χ0v) is 19.7. The summed E-state index contributed by atoms with van der Waals surface area (Å²) in [5.41, 5.74) is 16.0. The van der Waals surface area contributed by atoms with Gasteiger partial charge in [-0.2, -0.15) is 0 Å². The Bertz CT molecular complexity index is 1200. The van der Waals surface area contributed by atoms with Gasteiger partial charge in [-0.25, -0.2) is 4.98 Å². The van der Waals surface area contributed by atoms with Crippen molar-refractivity contribution in [2.45, 2.75) is 37.9 Å². The summed E-state index contributed by atoms with van der Waals surface area (Å²) in [4.78, 5) is 21.0. The van der Waals surface area contributed by atoms with Gasteiger partial charge in [0, 0.05) is 42.5 Å². The van der Waals surface area contributed by atoms with Crippen LogP contribution in [0.4, 0.5) is 11.4 Å². The second kappa shape index (κ2) is 8.81. The Kier molecular flexibility index (Phi) is 5.86. The number of fused-ring (bicyclic) bond motifs is 2. The number of rotatable bonds is 5. The Morgan fingerprint density at radius 1 is 1.36 bits per heavy atom. The number of nitrogens with one attached hydrogen (secondary N) is 1. The van der Waals surface area contributed by atoms with Gasteiger partial charge in [0.25, 0.3) is 5.91 Å². The van der Waals surface area contributed by atoms with E-state index in [2.05, 4.69) is 33.4 Å². The van der Waals surface area contributed by atoms with Crippen LogP contribution in [0.2, 0.25) is 0 Å². The van der Waals surface area contributed by atoms with Crippen LogP contribution in [0.3, 0.4) is 0 Å². The molecule has 1 amide bonds. The number of hydrogen-bond acceptors (Lipinski definition) is 8. The number of thiophene rings is 1. The molecule has 0 unspecified atom stereocenters. The van der Waals surface area contributed by atoms with Crippen molar-refractivity contribution < 1.29 is 14.3 Å². The van der Waals surface area contributed by atoms with Gasteiger partial charge in [-0.1, -0.05) is 6.07 Å². The first kappa shape index (κ1) is 21.9. The van der Waals surface area contributed by atoms with Crippen molar-refractivity contribution in [3.05, 3.63) is 46.5 Å². The van der Waals surface area contributed by atoms with Crippen molar-refractivity contribution >= 4 is 38.8 Å². The average Bonchev–Trinajstić information content (AvgIpc) is 3.32. The van der Waals surface area contributed by atoms with Gasteiger partial charge in [0.2, 0.25) is 0 Å². The molecule has 1 aromatic carbocycles. The van der Waals surface area contributed by atoms with E-state index in [1.165, 1.54) is 11.3 Å². The van der Waals surface area contributed by atoms with Gasteiger partial charge in [0.15, 0.2) is 0 Å². The minimum Gasteiger partial charge on any atom is -0.491 e. The molecule has 2 aromatic heterocycles. The van der Waals surface area contributed by atoms with E-state index >= 15 is 0 Å². The second-order valence-electron chi connectivity index (χ2n) is 8.89. The topological polar surface area (TPSA) is 116 Å². The third-order valence-corrected chi connectivity index (χ3v) is 7.48. The number of nitrogens with zero attached hydrogens (tertiary/aromatic N) is 2. The number of anilines is 2. The van der Waals surface area contributed by atoms with Crippen LogP contribution in [0, 0.1) is 6.92 Å². The Morgan fingerprint density at radius 2 is 2.21 bits per heavy atom. The number of aryl methyl sites for hydroxylation is 1. The minimum atomic E-state index is -0.185. The zero-order chi connectivity index (χ0) is 23.1. The third kappa shape index (κ3) is 4.23. The third-order valence-electron chi connectivity index (χ3n) is 6.37. The van der Waals surface area contributed by atoms with Gasteiger partial charge in [-0.15, -0.1) is 11.3 Å². The van der Waals surface area contributed by atoms with Crippen LogP contribution in [-0.2, 0) is 11.2 Å². The van der Waals surface area contributed by atoms with Crippen molar-refractivity contribution in [3.63, 3.8) is 0 Å². The number of hydrogen-bond donors (Lipinski definition) is 3. The molecule has 2 aliphatic rings. The molecule has 2 aliphatic heterocycles. The summed E-state index contributed by atoms with van der Waals surface area (Å²) >= 11 is 1.33. The maximum atomic E-state index is 13.0. The summed E-state index contributed by atoms with van der Waals surface area (Å²) in [6.07, 6.45) is 1.61. The molecule has 8 nitrogen and oxygen atoms in total. The fraction of sp³-hybridized carbons (Fsp3) is 0.417. The summed E-state index contributed by atoms with van der Waals surface area (Å²) in [6, 6.07) is 10.4. The molecule has 1 fully saturated rings. The largest absolute Gasteiger partial charge is 0.491 e. The van der Waals surface area contributed by atoms with Crippen molar-refractivity contribution in [1.29, 1.82) is 0 Å². The molecule has 0 spiro atoms. The van der Waals surface area contributed by atoms with Gasteiger partial charge in [0.05, 0.1) is 24.4 Å². The maximum absolute atomic E-state index is 13.0. The highest BCUT2D eigenvalue weighted by molar-refractivity contribution is 7.21. The van der Waals surface area contributed by atoms with Gasteiger partial charge in [0.1, 0.15) is 22.1 Å². The SMILES string of the molecule is COC[C@H]1C[C@H](N)CN1c1ccc2c(c1)OC[C@H](NC(=O)c1sc3nc(C)ccc3c1N)C2. The highest BCUT2D eigenvalue weighted by Crippen LogP contribution is 2.35. The van der Waals surface area contributed by atoms with Crippen LogP contribution in [-0.4, -0.2) is 55.9 Å². The molecule has 3 aromatic rings. The summed E-state index contributed by atoms with van der Waals surface area (Å²) in [5, 5.41) is 3.91. The summed E-state index contributed by atoms with van der Waals surface area (Å²) < 4.78 is 11.4. The Hall–Kier alpha value is -2.88. The molecule has 4 heterocycles. The minimum absolute atomic E-state index is 0.128. The van der Waals surface area contributed by atoms with E-state index < -0.39 is 0 Å². The van der Waals surface area contributed by atoms with Crippen molar-refractivity contribution in [2.24, 2.45) is 5.73 Å². The molecule has 3 atom stereocenters. The predicted molar refractivity (Wildman–Crippen MR) is 131 cm³/mol. The van der Waals surface area contributed by atoms with Gasteiger partial charge in [-0.05, 0) is 43.5 Å². The van der Waals surface area contributed by atoms with Crippen molar-refractivity contribution in [3.8, 4) is 5.75 Å². The summed E-state index contributed by atoms with van der Waals surface area (Å²) in [5.74, 6) is 0.672. The lowest BCUT2D eigenvalue weighted by Crippen LogP contribution is -2.42. The molecule has 0 saturated carbocycles. The van der Waals surface area contributed by atoms with Crippen LogP contribution >= 0.6 is 11.3 Å². The number of pyridine rings is 1. The number of amides is 1. The van der Waals surface area contributed by atoms with E-state index in [1.807, 2.05) is 19.1 Å². The average molecular weight is 468 g/mol. The van der Waals surface area contributed by atoms with Gasteiger partial charge in [-0.3, -0.25) is 4.79 Å². The molecular formula is C24H29N5O3S. The van der Waals surface area contributed by atoms with E-state index in [4.69, 9.17) is 20.9 Å². The number of methoxy groups -OCH3 is 1. The van der Waals surface area contributed by atoms with Crippen LogP contribution in [0.15, 0.2) is 30.3 Å². The van der Waals surface area contributed by atoms with E-state index in [0.717, 1.165) is 45.9 Å². The molecule has 9 heteroatoms.